The molecule has 1 aliphatic carbocycles. The van der Waals surface area contributed by atoms with Gasteiger partial charge in [-0.25, -0.2) is 4.39 Å². The van der Waals surface area contributed by atoms with E-state index in [1.54, 1.807) is 6.08 Å². The summed E-state index contributed by atoms with van der Waals surface area (Å²) in [5, 5.41) is 0. The highest BCUT2D eigenvalue weighted by Gasteiger charge is 2.14. The molecular formula is C8H10FI. The van der Waals surface area contributed by atoms with E-state index in [4.69, 9.17) is 0 Å². The summed E-state index contributed by atoms with van der Waals surface area (Å²) < 4.78 is 13.9. The quantitative estimate of drug-likeness (QED) is 0.625. The van der Waals surface area contributed by atoms with Crippen molar-refractivity contribution in [1.82, 2.24) is 0 Å². The highest BCUT2D eigenvalue weighted by molar-refractivity contribution is 14.1. The Hall–Kier alpha value is 0.140. The molecule has 0 aliphatic heterocycles. The first-order valence-electron chi connectivity index (χ1n) is 3.46. The second kappa shape index (κ2) is 3.51. The molecule has 1 rings (SSSR count). The minimum absolute atomic E-state index is 0.0504. The van der Waals surface area contributed by atoms with Crippen LogP contribution in [0.2, 0.25) is 0 Å². The Bertz CT molecular complexity index is 182. The smallest absolute Gasteiger partial charge is 0.104 e. The third-order valence-electron chi connectivity index (χ3n) is 1.76. The predicted molar refractivity (Wildman–Crippen MR) is 49.7 cm³/mol. The summed E-state index contributed by atoms with van der Waals surface area (Å²) in [4.78, 5) is 0. The van der Waals surface area contributed by atoms with Gasteiger partial charge in [-0.2, -0.15) is 0 Å². The van der Waals surface area contributed by atoms with E-state index in [9.17, 15) is 4.39 Å². The summed E-state index contributed by atoms with van der Waals surface area (Å²) in [6.07, 6.45) is 5.48. The van der Waals surface area contributed by atoms with Crippen molar-refractivity contribution in [3.8, 4) is 0 Å². The van der Waals surface area contributed by atoms with Crippen LogP contribution in [-0.4, -0.2) is 0 Å². The van der Waals surface area contributed by atoms with Crippen molar-refractivity contribution in [2.45, 2.75) is 19.8 Å². The molecule has 0 saturated heterocycles. The Kier molecular flexibility index (Phi) is 2.89. The molecule has 10 heavy (non-hydrogen) atoms. The fourth-order valence-corrected chi connectivity index (χ4v) is 1.59. The maximum Gasteiger partial charge on any atom is 0.104 e. The van der Waals surface area contributed by atoms with Gasteiger partial charge in [0.15, 0.2) is 0 Å². The minimum atomic E-state index is 0.0504. The van der Waals surface area contributed by atoms with Gasteiger partial charge in [-0.05, 0) is 41.5 Å². The molecule has 0 N–H and O–H groups in total. The number of rotatable bonds is 1. The monoisotopic (exact) mass is 252 g/mol. The van der Waals surface area contributed by atoms with Crippen molar-refractivity contribution in [2.75, 3.05) is 0 Å². The van der Waals surface area contributed by atoms with Crippen molar-refractivity contribution in [2.24, 2.45) is 5.92 Å². The molecule has 1 atom stereocenters. The maximum atomic E-state index is 12.9. The van der Waals surface area contributed by atoms with Crippen LogP contribution in [0.15, 0.2) is 21.6 Å². The molecular weight excluding hydrogens is 242 g/mol. The normalized spacial score (nSPS) is 25.7. The van der Waals surface area contributed by atoms with Gasteiger partial charge < -0.3 is 0 Å². The van der Waals surface area contributed by atoms with Gasteiger partial charge in [0.2, 0.25) is 0 Å². The molecule has 0 aromatic rings. The molecule has 0 saturated carbocycles. The first-order chi connectivity index (χ1) is 4.74. The Morgan fingerprint density at radius 1 is 1.80 bits per heavy atom. The van der Waals surface area contributed by atoms with Crippen LogP contribution in [0, 0.1) is 5.92 Å². The van der Waals surface area contributed by atoms with Crippen LogP contribution < -0.4 is 0 Å². The highest BCUT2D eigenvalue weighted by atomic mass is 127. The van der Waals surface area contributed by atoms with Crippen molar-refractivity contribution in [1.29, 1.82) is 0 Å². The third kappa shape index (κ3) is 1.81. The molecule has 1 aliphatic rings. The van der Waals surface area contributed by atoms with Gasteiger partial charge in [0.05, 0.1) is 0 Å². The average Bonchev–Trinajstić information content (AvgIpc) is 1.88. The molecule has 0 bridgehead atoms. The SMILES string of the molecule is CCC1CC=C(I)C=C1F. The van der Waals surface area contributed by atoms with E-state index in [0.29, 0.717) is 0 Å². The molecule has 0 spiro atoms. The van der Waals surface area contributed by atoms with Crippen LogP contribution in [-0.2, 0) is 0 Å². The van der Waals surface area contributed by atoms with E-state index in [1.807, 2.05) is 6.92 Å². The Morgan fingerprint density at radius 3 is 3.00 bits per heavy atom. The molecule has 0 fully saturated rings. The van der Waals surface area contributed by atoms with Crippen molar-refractivity contribution in [3.63, 3.8) is 0 Å². The van der Waals surface area contributed by atoms with E-state index >= 15 is 0 Å². The van der Waals surface area contributed by atoms with Crippen molar-refractivity contribution < 1.29 is 4.39 Å². The van der Waals surface area contributed by atoms with Crippen LogP contribution in [0.1, 0.15) is 19.8 Å². The summed E-state index contributed by atoms with van der Waals surface area (Å²) in [5.74, 6) is 0.202. The number of allylic oxidation sites excluding steroid dienone is 4. The van der Waals surface area contributed by atoms with Crippen LogP contribution in [0.25, 0.3) is 0 Å². The van der Waals surface area contributed by atoms with Gasteiger partial charge in [0.25, 0.3) is 0 Å². The van der Waals surface area contributed by atoms with E-state index in [1.165, 1.54) is 0 Å². The van der Waals surface area contributed by atoms with Crippen LogP contribution in [0.4, 0.5) is 4.39 Å². The fraction of sp³-hybridized carbons (Fsp3) is 0.500. The second-order valence-electron chi connectivity index (χ2n) is 2.46. The molecule has 0 aromatic heterocycles. The van der Waals surface area contributed by atoms with E-state index in [0.717, 1.165) is 16.4 Å². The first kappa shape index (κ1) is 8.24. The number of halogens is 2. The first-order valence-corrected chi connectivity index (χ1v) is 4.54. The largest absolute Gasteiger partial charge is 0.211 e. The van der Waals surface area contributed by atoms with Gasteiger partial charge >= 0.3 is 0 Å². The van der Waals surface area contributed by atoms with Gasteiger partial charge in [-0.1, -0.05) is 13.0 Å². The predicted octanol–water partition coefficient (Wildman–Crippen LogP) is 3.59. The Balaban J connectivity index is 2.68. The lowest BCUT2D eigenvalue weighted by molar-refractivity contribution is 0.452. The average molecular weight is 252 g/mol. The second-order valence-corrected chi connectivity index (χ2v) is 3.70. The third-order valence-corrected chi connectivity index (χ3v) is 2.51. The van der Waals surface area contributed by atoms with Crippen LogP contribution >= 0.6 is 22.6 Å². The molecule has 1 unspecified atom stereocenters. The molecule has 0 radical (unpaired) electrons. The fourth-order valence-electron chi connectivity index (χ4n) is 1.04. The van der Waals surface area contributed by atoms with Crippen molar-refractivity contribution in [3.05, 3.63) is 21.6 Å². The molecule has 0 nitrogen and oxygen atoms in total. The van der Waals surface area contributed by atoms with Crippen LogP contribution in [0.5, 0.6) is 0 Å². The van der Waals surface area contributed by atoms with E-state index in [2.05, 4.69) is 28.7 Å². The molecule has 0 heterocycles. The van der Waals surface area contributed by atoms with E-state index in [-0.39, 0.29) is 11.7 Å². The molecule has 2 heteroatoms. The van der Waals surface area contributed by atoms with Gasteiger partial charge in [0, 0.05) is 9.50 Å². The topological polar surface area (TPSA) is 0 Å². The lowest BCUT2D eigenvalue weighted by Gasteiger charge is -2.13. The molecule has 0 aromatic carbocycles. The van der Waals surface area contributed by atoms with E-state index < -0.39 is 0 Å². The maximum absolute atomic E-state index is 12.9. The zero-order valence-corrected chi connectivity index (χ0v) is 8.06. The highest BCUT2D eigenvalue weighted by Crippen LogP contribution is 2.29. The minimum Gasteiger partial charge on any atom is -0.211 e. The van der Waals surface area contributed by atoms with Gasteiger partial charge in [-0.15, -0.1) is 0 Å². The number of hydrogen-bond donors (Lipinski definition) is 0. The summed E-state index contributed by atoms with van der Waals surface area (Å²) in [6.45, 7) is 2.02. The lowest BCUT2D eigenvalue weighted by Crippen LogP contribution is -2.01. The standard InChI is InChI=1S/C8H10FI/c1-2-6-3-4-7(10)5-8(6)9/h4-6H,2-3H2,1H3. The Morgan fingerprint density at radius 2 is 2.50 bits per heavy atom. The molecule has 56 valence electrons. The summed E-state index contributed by atoms with van der Waals surface area (Å²) in [6, 6.07) is 0. The van der Waals surface area contributed by atoms with Crippen molar-refractivity contribution >= 4 is 22.6 Å². The summed E-state index contributed by atoms with van der Waals surface area (Å²) in [5.41, 5.74) is 0. The molecule has 0 amide bonds. The zero-order chi connectivity index (χ0) is 7.56. The van der Waals surface area contributed by atoms with Crippen LogP contribution in [0.3, 0.4) is 0 Å². The Labute approximate surface area is 74.3 Å². The van der Waals surface area contributed by atoms with Gasteiger partial charge in [-0.3, -0.25) is 0 Å². The number of hydrogen-bond acceptors (Lipinski definition) is 0. The summed E-state index contributed by atoms with van der Waals surface area (Å²) in [7, 11) is 0. The van der Waals surface area contributed by atoms with Gasteiger partial charge in [0.1, 0.15) is 5.83 Å². The lowest BCUT2D eigenvalue weighted by atomic mass is 9.97. The zero-order valence-electron chi connectivity index (χ0n) is 5.90. The summed E-state index contributed by atoms with van der Waals surface area (Å²) >= 11 is 2.14.